The second-order valence-corrected chi connectivity index (χ2v) is 4.11. The Hall–Kier alpha value is -2.99. The van der Waals surface area contributed by atoms with Gasteiger partial charge in [0.1, 0.15) is 0 Å². The first-order chi connectivity index (χ1) is 10.1. The van der Waals surface area contributed by atoms with Crippen molar-refractivity contribution < 1.29 is 29.6 Å². The summed E-state index contributed by atoms with van der Waals surface area (Å²) in [6, 6.07) is 11.9. The van der Waals surface area contributed by atoms with Gasteiger partial charge in [0.2, 0.25) is 0 Å². The summed E-state index contributed by atoms with van der Waals surface area (Å²) in [6.07, 6.45) is 0. The van der Waals surface area contributed by atoms with Crippen molar-refractivity contribution >= 4 is 17.7 Å². The number of carboxylic acids is 1. The number of carboxylic acid groups (broad SMARTS) is 1. The number of carbonyl (C=O) groups is 3. The molecule has 2 aromatic rings. The zero-order valence-electron chi connectivity index (χ0n) is 10.6. The molecule has 0 saturated carbocycles. The van der Waals surface area contributed by atoms with Crippen LogP contribution in [0.1, 0.15) is 36.6 Å². The number of rotatable bonds is 4. The number of benzene rings is 2. The monoisotopic (exact) mass is 286 g/mol. The number of ketones is 1. The van der Waals surface area contributed by atoms with E-state index in [9.17, 15) is 19.5 Å². The van der Waals surface area contributed by atoms with E-state index >= 15 is 0 Å². The van der Waals surface area contributed by atoms with Crippen LogP contribution in [0.25, 0.3) is 0 Å². The van der Waals surface area contributed by atoms with Gasteiger partial charge in [0, 0.05) is 11.1 Å². The van der Waals surface area contributed by atoms with Gasteiger partial charge in [-0.05, 0) is 6.07 Å². The minimum absolute atomic E-state index is 0.156. The Kier molecular flexibility index (Phi) is 4.10. The molecule has 6 heteroatoms. The fraction of sp³-hybridized carbons (Fsp3) is 0. The fourth-order valence-corrected chi connectivity index (χ4v) is 1.94. The van der Waals surface area contributed by atoms with Gasteiger partial charge < -0.3 is 5.11 Å². The van der Waals surface area contributed by atoms with Gasteiger partial charge in [0.15, 0.2) is 5.78 Å². The fourth-order valence-electron chi connectivity index (χ4n) is 1.94. The molecule has 106 valence electrons. The lowest BCUT2D eigenvalue weighted by Gasteiger charge is -2.08. The van der Waals surface area contributed by atoms with Crippen molar-refractivity contribution in [2.45, 2.75) is 0 Å². The topological polar surface area (TPSA) is 101 Å². The van der Waals surface area contributed by atoms with Crippen LogP contribution in [0, 0.1) is 0 Å². The molecule has 0 radical (unpaired) electrons. The molecule has 0 amide bonds. The molecule has 0 aliphatic heterocycles. The Morgan fingerprint density at radius 2 is 1.48 bits per heavy atom. The maximum atomic E-state index is 12.4. The summed E-state index contributed by atoms with van der Waals surface area (Å²) in [7, 11) is 0. The van der Waals surface area contributed by atoms with Gasteiger partial charge in [-0.3, -0.25) is 9.68 Å². The first kappa shape index (κ1) is 14.4. The van der Waals surface area contributed by atoms with Crippen LogP contribution in [0.5, 0.6) is 0 Å². The van der Waals surface area contributed by atoms with Crippen molar-refractivity contribution in [1.29, 1.82) is 0 Å². The minimum Gasteiger partial charge on any atom is -0.478 e. The van der Waals surface area contributed by atoms with Crippen LogP contribution in [-0.2, 0) is 4.89 Å². The molecule has 2 rings (SSSR count). The molecule has 2 aromatic carbocycles. The molecule has 0 aliphatic rings. The number of carbonyl (C=O) groups excluding carboxylic acids is 2. The third kappa shape index (κ3) is 2.80. The van der Waals surface area contributed by atoms with E-state index in [1.807, 2.05) is 0 Å². The van der Waals surface area contributed by atoms with Crippen molar-refractivity contribution in [2.24, 2.45) is 0 Å². The lowest BCUT2D eigenvalue weighted by molar-refractivity contribution is -0.182. The van der Waals surface area contributed by atoms with E-state index in [4.69, 9.17) is 5.26 Å². The first-order valence-corrected chi connectivity index (χ1v) is 5.88. The predicted molar refractivity (Wildman–Crippen MR) is 71.3 cm³/mol. The smallest absolute Gasteiger partial charge is 0.373 e. The molecule has 0 unspecified atom stereocenters. The Morgan fingerprint density at radius 1 is 0.857 bits per heavy atom. The third-order valence-electron chi connectivity index (χ3n) is 2.86. The normalized spacial score (nSPS) is 9.95. The zero-order valence-corrected chi connectivity index (χ0v) is 10.6. The Balaban J connectivity index is 2.62. The Bertz CT molecular complexity index is 705. The molecule has 0 aliphatic carbocycles. The summed E-state index contributed by atoms with van der Waals surface area (Å²) >= 11 is 0. The summed E-state index contributed by atoms with van der Waals surface area (Å²) < 4.78 is 0. The van der Waals surface area contributed by atoms with Crippen LogP contribution in [0.3, 0.4) is 0 Å². The van der Waals surface area contributed by atoms with E-state index in [0.29, 0.717) is 0 Å². The number of aromatic carboxylic acids is 1. The number of hydrogen-bond acceptors (Lipinski definition) is 5. The Morgan fingerprint density at radius 3 is 2.05 bits per heavy atom. The van der Waals surface area contributed by atoms with Crippen molar-refractivity contribution in [2.75, 3.05) is 0 Å². The van der Waals surface area contributed by atoms with Crippen molar-refractivity contribution in [1.82, 2.24) is 0 Å². The minimum atomic E-state index is -1.46. The standard InChI is InChI=1S/C15H10O6/c16-13(9-5-2-1-3-6-9)10-7-4-8-11(15(19)21-20)12(10)14(17)18/h1-8,20H,(H,17,18). The van der Waals surface area contributed by atoms with Crippen molar-refractivity contribution in [3.8, 4) is 0 Å². The van der Waals surface area contributed by atoms with Crippen molar-refractivity contribution in [3.63, 3.8) is 0 Å². The molecule has 2 N–H and O–H groups in total. The highest BCUT2D eigenvalue weighted by Gasteiger charge is 2.25. The quantitative estimate of drug-likeness (QED) is 0.508. The van der Waals surface area contributed by atoms with E-state index in [2.05, 4.69) is 4.89 Å². The van der Waals surface area contributed by atoms with Crippen molar-refractivity contribution in [3.05, 3.63) is 70.8 Å². The van der Waals surface area contributed by atoms with E-state index in [1.54, 1.807) is 18.2 Å². The second kappa shape index (κ2) is 5.98. The molecule has 0 spiro atoms. The van der Waals surface area contributed by atoms with Crippen LogP contribution in [0.4, 0.5) is 0 Å². The highest BCUT2D eigenvalue weighted by atomic mass is 17.1. The van der Waals surface area contributed by atoms with E-state index < -0.39 is 28.8 Å². The first-order valence-electron chi connectivity index (χ1n) is 5.88. The van der Waals surface area contributed by atoms with Crippen LogP contribution in [0.2, 0.25) is 0 Å². The highest BCUT2D eigenvalue weighted by Crippen LogP contribution is 2.19. The highest BCUT2D eigenvalue weighted by molar-refractivity contribution is 6.17. The van der Waals surface area contributed by atoms with Crippen LogP contribution < -0.4 is 0 Å². The molecular weight excluding hydrogens is 276 g/mol. The summed E-state index contributed by atoms with van der Waals surface area (Å²) in [6.45, 7) is 0. The molecule has 0 saturated heterocycles. The molecule has 6 nitrogen and oxygen atoms in total. The predicted octanol–water partition coefficient (Wildman–Crippen LogP) is 2.25. The van der Waals surface area contributed by atoms with Gasteiger partial charge in [-0.15, -0.1) is 0 Å². The molecular formula is C15H10O6. The van der Waals surface area contributed by atoms with E-state index in [0.717, 1.165) is 6.07 Å². The summed E-state index contributed by atoms with van der Waals surface area (Å²) in [4.78, 5) is 38.7. The molecule has 21 heavy (non-hydrogen) atoms. The lowest BCUT2D eigenvalue weighted by atomic mass is 9.94. The van der Waals surface area contributed by atoms with E-state index in [-0.39, 0.29) is 11.1 Å². The van der Waals surface area contributed by atoms with Gasteiger partial charge in [-0.2, -0.15) is 5.26 Å². The molecule has 0 bridgehead atoms. The Labute approximate surface area is 119 Å². The second-order valence-electron chi connectivity index (χ2n) is 4.11. The van der Waals surface area contributed by atoms with Gasteiger partial charge >= 0.3 is 11.9 Å². The SMILES string of the molecule is O=C(OO)c1cccc(C(=O)c2ccccc2)c1C(=O)O. The van der Waals surface area contributed by atoms with Gasteiger partial charge in [-0.1, -0.05) is 42.5 Å². The summed E-state index contributed by atoms with van der Waals surface area (Å²) in [5.41, 5.74) is -0.775. The maximum absolute atomic E-state index is 12.4. The summed E-state index contributed by atoms with van der Waals surface area (Å²) in [5, 5.41) is 17.7. The average Bonchev–Trinajstić information content (AvgIpc) is 2.53. The lowest BCUT2D eigenvalue weighted by Crippen LogP contribution is -2.16. The zero-order chi connectivity index (χ0) is 15.4. The molecule has 0 atom stereocenters. The van der Waals surface area contributed by atoms with Gasteiger partial charge in [-0.25, -0.2) is 9.59 Å². The van der Waals surface area contributed by atoms with Crippen LogP contribution in [0.15, 0.2) is 48.5 Å². The van der Waals surface area contributed by atoms with Crippen LogP contribution in [-0.4, -0.2) is 28.1 Å². The van der Waals surface area contributed by atoms with Crippen LogP contribution >= 0.6 is 0 Å². The average molecular weight is 286 g/mol. The largest absolute Gasteiger partial charge is 0.478 e. The molecule has 0 heterocycles. The van der Waals surface area contributed by atoms with Gasteiger partial charge in [0.05, 0.1) is 11.1 Å². The third-order valence-corrected chi connectivity index (χ3v) is 2.86. The number of hydrogen-bond donors (Lipinski definition) is 2. The summed E-state index contributed by atoms with van der Waals surface area (Å²) in [5.74, 6) is -3.24. The van der Waals surface area contributed by atoms with Gasteiger partial charge in [0.25, 0.3) is 0 Å². The van der Waals surface area contributed by atoms with E-state index in [1.165, 1.54) is 24.3 Å². The molecule has 0 aromatic heterocycles. The maximum Gasteiger partial charge on any atom is 0.373 e. The molecule has 0 fully saturated rings.